The van der Waals surface area contributed by atoms with Crippen LogP contribution in [0.25, 0.3) is 5.65 Å². The summed E-state index contributed by atoms with van der Waals surface area (Å²) in [6, 6.07) is 0. The van der Waals surface area contributed by atoms with Crippen molar-refractivity contribution >= 4 is 11.5 Å². The molecule has 0 spiro atoms. The van der Waals surface area contributed by atoms with Gasteiger partial charge in [-0.15, -0.1) is 0 Å². The van der Waals surface area contributed by atoms with E-state index in [1.165, 1.54) is 0 Å². The molecule has 0 fully saturated rings. The van der Waals surface area contributed by atoms with Crippen molar-refractivity contribution in [2.45, 2.75) is 6.92 Å². The second-order valence-electron chi connectivity index (χ2n) is 2.39. The Bertz CT molecular complexity index is 390. The lowest BCUT2D eigenvalue weighted by Gasteiger charge is -1.91. The van der Waals surface area contributed by atoms with Crippen molar-refractivity contribution in [3.8, 4) is 0 Å². The molecule has 2 aromatic heterocycles. The molecule has 2 aromatic rings. The molecule has 2 N–H and O–H groups in total. The molecule has 0 aliphatic carbocycles. The summed E-state index contributed by atoms with van der Waals surface area (Å²) in [6.07, 6.45) is 5.23. The standard InChI is InChI=1S/C7H8N4/c1-5-7(8)10-6-4-9-2-3-11(5)6/h2-4H,8H2,1H3. The minimum atomic E-state index is 0.568. The number of aromatic nitrogens is 3. The lowest BCUT2D eigenvalue weighted by atomic mass is 10.5. The highest BCUT2D eigenvalue weighted by atomic mass is 15.1. The summed E-state index contributed by atoms with van der Waals surface area (Å²) < 4.78 is 1.91. The summed E-state index contributed by atoms with van der Waals surface area (Å²) in [7, 11) is 0. The number of hydrogen-bond acceptors (Lipinski definition) is 3. The van der Waals surface area contributed by atoms with Crippen LogP contribution in [-0.4, -0.2) is 14.4 Å². The molecule has 56 valence electrons. The van der Waals surface area contributed by atoms with Gasteiger partial charge in [0.1, 0.15) is 5.82 Å². The normalized spacial score (nSPS) is 10.6. The third kappa shape index (κ3) is 0.756. The van der Waals surface area contributed by atoms with Crippen LogP contribution in [0.4, 0.5) is 5.82 Å². The van der Waals surface area contributed by atoms with Crippen LogP contribution in [0.3, 0.4) is 0 Å². The van der Waals surface area contributed by atoms with Gasteiger partial charge in [0.05, 0.1) is 11.9 Å². The number of aryl methyl sites for hydroxylation is 1. The zero-order valence-electron chi connectivity index (χ0n) is 6.15. The second-order valence-corrected chi connectivity index (χ2v) is 2.39. The summed E-state index contributed by atoms with van der Waals surface area (Å²) in [6.45, 7) is 1.93. The highest BCUT2D eigenvalue weighted by molar-refractivity contribution is 5.49. The monoisotopic (exact) mass is 148 g/mol. The van der Waals surface area contributed by atoms with Crippen LogP contribution < -0.4 is 5.73 Å². The van der Waals surface area contributed by atoms with Crippen LogP contribution in [0.5, 0.6) is 0 Å². The van der Waals surface area contributed by atoms with Crippen LogP contribution in [0.15, 0.2) is 18.6 Å². The lowest BCUT2D eigenvalue weighted by molar-refractivity contribution is 1.08. The molecule has 0 aliphatic rings. The van der Waals surface area contributed by atoms with E-state index in [4.69, 9.17) is 5.73 Å². The molecule has 0 saturated heterocycles. The van der Waals surface area contributed by atoms with Gasteiger partial charge >= 0.3 is 0 Å². The zero-order chi connectivity index (χ0) is 7.84. The van der Waals surface area contributed by atoms with E-state index >= 15 is 0 Å². The molecule has 4 nitrogen and oxygen atoms in total. The number of hydrogen-bond donors (Lipinski definition) is 1. The molecule has 2 heterocycles. The van der Waals surface area contributed by atoms with Gasteiger partial charge in [-0.3, -0.25) is 9.38 Å². The highest BCUT2D eigenvalue weighted by Crippen LogP contribution is 2.10. The number of nitrogen functional groups attached to an aromatic ring is 1. The van der Waals surface area contributed by atoms with Crippen LogP contribution >= 0.6 is 0 Å². The van der Waals surface area contributed by atoms with Gasteiger partial charge in [-0.05, 0) is 6.92 Å². The van der Waals surface area contributed by atoms with E-state index in [1.54, 1.807) is 12.4 Å². The average molecular weight is 148 g/mol. The minimum Gasteiger partial charge on any atom is -0.382 e. The molecular weight excluding hydrogens is 140 g/mol. The fourth-order valence-electron chi connectivity index (χ4n) is 1.05. The predicted octanol–water partition coefficient (Wildman–Crippen LogP) is 0.620. The number of fused-ring (bicyclic) bond motifs is 1. The van der Waals surface area contributed by atoms with E-state index in [0.717, 1.165) is 11.3 Å². The maximum absolute atomic E-state index is 5.59. The van der Waals surface area contributed by atoms with E-state index in [2.05, 4.69) is 9.97 Å². The molecule has 4 heteroatoms. The van der Waals surface area contributed by atoms with Gasteiger partial charge in [-0.2, -0.15) is 0 Å². The smallest absolute Gasteiger partial charge is 0.157 e. The van der Waals surface area contributed by atoms with Crippen LogP contribution in [0.2, 0.25) is 0 Å². The Morgan fingerprint density at radius 1 is 1.55 bits per heavy atom. The number of nitrogens with two attached hydrogens (primary N) is 1. The van der Waals surface area contributed by atoms with Crippen molar-refractivity contribution in [2.75, 3.05) is 5.73 Å². The van der Waals surface area contributed by atoms with E-state index in [9.17, 15) is 0 Å². The summed E-state index contributed by atoms with van der Waals surface area (Å²) in [4.78, 5) is 8.02. The quantitative estimate of drug-likeness (QED) is 0.595. The topological polar surface area (TPSA) is 56.2 Å². The summed E-state index contributed by atoms with van der Waals surface area (Å²) in [5.74, 6) is 0.568. The van der Waals surface area contributed by atoms with Crippen molar-refractivity contribution in [2.24, 2.45) is 0 Å². The van der Waals surface area contributed by atoms with Crippen LogP contribution in [0, 0.1) is 6.92 Å². The Morgan fingerprint density at radius 2 is 2.36 bits per heavy atom. The average Bonchev–Trinajstić information content (AvgIpc) is 2.30. The first-order valence-electron chi connectivity index (χ1n) is 3.33. The molecule has 0 atom stereocenters. The first-order valence-corrected chi connectivity index (χ1v) is 3.33. The SMILES string of the molecule is Cc1c(N)nc2cnccn12. The van der Waals surface area contributed by atoms with Crippen molar-refractivity contribution in [1.29, 1.82) is 0 Å². The van der Waals surface area contributed by atoms with Gasteiger partial charge in [0.25, 0.3) is 0 Å². The third-order valence-corrected chi connectivity index (χ3v) is 1.71. The van der Waals surface area contributed by atoms with E-state index < -0.39 is 0 Å². The number of imidazole rings is 1. The first-order chi connectivity index (χ1) is 5.29. The van der Waals surface area contributed by atoms with Gasteiger partial charge in [-0.1, -0.05) is 0 Å². The van der Waals surface area contributed by atoms with E-state index in [1.807, 2.05) is 17.5 Å². The Morgan fingerprint density at radius 3 is 3.09 bits per heavy atom. The molecule has 0 saturated carbocycles. The van der Waals surface area contributed by atoms with Gasteiger partial charge in [0.2, 0.25) is 0 Å². The van der Waals surface area contributed by atoms with E-state index in [-0.39, 0.29) is 0 Å². The maximum Gasteiger partial charge on any atom is 0.157 e. The van der Waals surface area contributed by atoms with Gasteiger partial charge in [0.15, 0.2) is 5.65 Å². The Hall–Kier alpha value is -1.58. The third-order valence-electron chi connectivity index (χ3n) is 1.71. The van der Waals surface area contributed by atoms with Gasteiger partial charge in [0, 0.05) is 12.4 Å². The predicted molar refractivity (Wildman–Crippen MR) is 42.1 cm³/mol. The second kappa shape index (κ2) is 1.95. The lowest BCUT2D eigenvalue weighted by Crippen LogP contribution is -1.89. The van der Waals surface area contributed by atoms with Crippen molar-refractivity contribution < 1.29 is 0 Å². The summed E-state index contributed by atoms with van der Waals surface area (Å²) >= 11 is 0. The minimum absolute atomic E-state index is 0.568. The van der Waals surface area contributed by atoms with Gasteiger partial charge < -0.3 is 5.73 Å². The summed E-state index contributed by atoms with van der Waals surface area (Å²) in [5, 5.41) is 0. The van der Waals surface area contributed by atoms with Crippen molar-refractivity contribution in [3.63, 3.8) is 0 Å². The fourth-order valence-corrected chi connectivity index (χ4v) is 1.05. The molecule has 0 amide bonds. The molecule has 2 rings (SSSR count). The first kappa shape index (κ1) is 6.15. The van der Waals surface area contributed by atoms with Crippen LogP contribution in [-0.2, 0) is 0 Å². The molecule has 0 unspecified atom stereocenters. The Kier molecular flexibility index (Phi) is 1.09. The number of anilines is 1. The number of rotatable bonds is 0. The molecule has 0 bridgehead atoms. The highest BCUT2D eigenvalue weighted by Gasteiger charge is 2.02. The molecule has 0 aromatic carbocycles. The summed E-state index contributed by atoms with van der Waals surface area (Å²) in [5.41, 5.74) is 7.35. The molecular formula is C7H8N4. The van der Waals surface area contributed by atoms with E-state index in [0.29, 0.717) is 5.82 Å². The molecule has 11 heavy (non-hydrogen) atoms. The Balaban J connectivity index is 2.92. The van der Waals surface area contributed by atoms with Crippen LogP contribution in [0.1, 0.15) is 5.69 Å². The molecule has 0 aliphatic heterocycles. The van der Waals surface area contributed by atoms with Crippen molar-refractivity contribution in [3.05, 3.63) is 24.3 Å². The Labute approximate surface area is 63.7 Å². The maximum atomic E-state index is 5.59. The van der Waals surface area contributed by atoms with Crippen molar-refractivity contribution in [1.82, 2.24) is 14.4 Å². The number of nitrogens with zero attached hydrogens (tertiary/aromatic N) is 3. The molecule has 0 radical (unpaired) electrons. The fraction of sp³-hybridized carbons (Fsp3) is 0.143. The van der Waals surface area contributed by atoms with Gasteiger partial charge in [-0.25, -0.2) is 4.98 Å². The largest absolute Gasteiger partial charge is 0.382 e. The zero-order valence-corrected chi connectivity index (χ0v) is 6.15.